The first-order valence-corrected chi connectivity index (χ1v) is 7.52. The van der Waals surface area contributed by atoms with Gasteiger partial charge < -0.3 is 14.5 Å². The summed E-state index contributed by atoms with van der Waals surface area (Å²) in [6, 6.07) is 11.5. The van der Waals surface area contributed by atoms with Gasteiger partial charge in [-0.25, -0.2) is 4.98 Å². The van der Waals surface area contributed by atoms with E-state index < -0.39 is 0 Å². The minimum atomic E-state index is -0.0102. The molecule has 5 nitrogen and oxygen atoms in total. The minimum Gasteiger partial charge on any atom is -0.497 e. The number of hydrogen-bond donors (Lipinski definition) is 1. The molecule has 0 aliphatic rings. The van der Waals surface area contributed by atoms with Crippen LogP contribution in [0.2, 0.25) is 0 Å². The lowest BCUT2D eigenvalue weighted by Crippen LogP contribution is -2.12. The van der Waals surface area contributed by atoms with Gasteiger partial charge in [0.05, 0.1) is 18.5 Å². The lowest BCUT2D eigenvalue weighted by Gasteiger charge is -2.07. The maximum absolute atomic E-state index is 12.1. The maximum atomic E-state index is 12.1. The van der Waals surface area contributed by atoms with Gasteiger partial charge in [-0.1, -0.05) is 12.1 Å². The van der Waals surface area contributed by atoms with Crippen molar-refractivity contribution in [3.8, 4) is 5.75 Å². The van der Waals surface area contributed by atoms with Gasteiger partial charge in [0.2, 0.25) is 5.91 Å². The number of pyridine rings is 1. The number of rotatable bonds is 5. The molecule has 2 aromatic heterocycles. The number of aromatic nitrogens is 2. The van der Waals surface area contributed by atoms with Crippen LogP contribution in [-0.2, 0) is 11.2 Å². The number of imidazole rings is 1. The summed E-state index contributed by atoms with van der Waals surface area (Å²) < 4.78 is 7.10. The molecule has 0 atom stereocenters. The molecular formula is C18H19N3O2. The number of benzene rings is 1. The van der Waals surface area contributed by atoms with Crippen LogP contribution in [0.3, 0.4) is 0 Å². The van der Waals surface area contributed by atoms with Crippen LogP contribution in [0.25, 0.3) is 5.65 Å². The third-order valence-electron chi connectivity index (χ3n) is 3.63. The fourth-order valence-electron chi connectivity index (χ4n) is 2.50. The topological polar surface area (TPSA) is 55.6 Å². The number of carbonyl (C=O) groups is 1. The second-order valence-corrected chi connectivity index (χ2v) is 5.47. The molecule has 0 radical (unpaired) electrons. The van der Waals surface area contributed by atoms with Gasteiger partial charge in [0.15, 0.2) is 0 Å². The zero-order valence-corrected chi connectivity index (χ0v) is 13.2. The molecule has 23 heavy (non-hydrogen) atoms. The highest BCUT2D eigenvalue weighted by atomic mass is 16.5. The highest BCUT2D eigenvalue weighted by Gasteiger charge is 2.05. The number of methoxy groups -OCH3 is 1. The normalized spacial score (nSPS) is 10.7. The van der Waals surface area contributed by atoms with E-state index in [4.69, 9.17) is 4.74 Å². The summed E-state index contributed by atoms with van der Waals surface area (Å²) in [5, 5.41) is 2.92. The summed E-state index contributed by atoms with van der Waals surface area (Å²) in [6.07, 6.45) is 4.91. The average Bonchev–Trinajstić information content (AvgIpc) is 2.92. The Morgan fingerprint density at radius 2 is 2.13 bits per heavy atom. The lowest BCUT2D eigenvalue weighted by molar-refractivity contribution is -0.116. The Hall–Kier alpha value is -2.82. The van der Waals surface area contributed by atoms with Crippen molar-refractivity contribution in [1.82, 2.24) is 9.38 Å². The number of nitrogens with zero attached hydrogens (tertiary/aromatic N) is 2. The first-order chi connectivity index (χ1) is 11.1. The van der Waals surface area contributed by atoms with Crippen molar-refractivity contribution >= 4 is 17.2 Å². The Balaban J connectivity index is 1.61. The molecular weight excluding hydrogens is 290 g/mol. The van der Waals surface area contributed by atoms with Gasteiger partial charge >= 0.3 is 0 Å². The molecule has 2 heterocycles. The maximum Gasteiger partial charge on any atom is 0.224 e. The van der Waals surface area contributed by atoms with Gasteiger partial charge in [-0.2, -0.15) is 0 Å². The first kappa shape index (κ1) is 15.1. The Kier molecular flexibility index (Phi) is 4.28. The fraction of sp³-hybridized carbons (Fsp3) is 0.222. The van der Waals surface area contributed by atoms with Crippen molar-refractivity contribution in [3.63, 3.8) is 0 Å². The Labute approximate surface area is 134 Å². The van der Waals surface area contributed by atoms with E-state index in [0.717, 1.165) is 28.3 Å². The van der Waals surface area contributed by atoms with E-state index in [1.807, 2.05) is 60.1 Å². The number of ether oxygens (including phenoxy) is 1. The number of nitrogens with one attached hydrogen (secondary N) is 1. The molecule has 0 aliphatic carbocycles. The quantitative estimate of drug-likeness (QED) is 0.787. The van der Waals surface area contributed by atoms with E-state index in [1.165, 1.54) is 0 Å². The van der Waals surface area contributed by atoms with E-state index >= 15 is 0 Å². The zero-order chi connectivity index (χ0) is 16.2. The third-order valence-corrected chi connectivity index (χ3v) is 3.63. The SMILES string of the molecule is COc1cccc(CCC(=O)Nc2ccc3nc(C)cn3c2)c1. The van der Waals surface area contributed by atoms with Crippen molar-refractivity contribution in [2.75, 3.05) is 12.4 Å². The summed E-state index contributed by atoms with van der Waals surface area (Å²) in [7, 11) is 1.64. The van der Waals surface area contributed by atoms with Crippen molar-refractivity contribution in [3.05, 3.63) is 60.0 Å². The largest absolute Gasteiger partial charge is 0.497 e. The van der Waals surface area contributed by atoms with Crippen molar-refractivity contribution in [2.45, 2.75) is 19.8 Å². The zero-order valence-electron chi connectivity index (χ0n) is 13.2. The lowest BCUT2D eigenvalue weighted by atomic mass is 10.1. The van der Waals surface area contributed by atoms with Crippen molar-refractivity contribution < 1.29 is 9.53 Å². The number of carbonyl (C=O) groups excluding carboxylic acids is 1. The Morgan fingerprint density at radius 1 is 1.26 bits per heavy atom. The standard InChI is InChI=1S/C18H19N3O2/c1-13-11-21-12-15(7-8-17(21)19-13)20-18(22)9-6-14-4-3-5-16(10-14)23-2/h3-5,7-8,10-12H,6,9H2,1-2H3,(H,20,22). The van der Waals surface area contributed by atoms with Gasteiger partial charge in [-0.05, 0) is 43.2 Å². The molecule has 1 aromatic carbocycles. The molecule has 1 amide bonds. The van der Waals surface area contributed by atoms with Gasteiger partial charge in [0, 0.05) is 18.8 Å². The molecule has 0 aliphatic heterocycles. The Morgan fingerprint density at radius 3 is 2.96 bits per heavy atom. The number of anilines is 1. The minimum absolute atomic E-state index is 0.0102. The first-order valence-electron chi connectivity index (χ1n) is 7.52. The summed E-state index contributed by atoms with van der Waals surface area (Å²) in [5.74, 6) is 0.799. The number of amides is 1. The molecule has 118 valence electrons. The highest BCUT2D eigenvalue weighted by molar-refractivity contribution is 5.90. The van der Waals surface area contributed by atoms with E-state index in [9.17, 15) is 4.79 Å². The average molecular weight is 309 g/mol. The van der Waals surface area contributed by atoms with Crippen molar-refractivity contribution in [1.29, 1.82) is 0 Å². The van der Waals surface area contributed by atoms with E-state index in [-0.39, 0.29) is 5.91 Å². The van der Waals surface area contributed by atoms with Gasteiger partial charge in [-0.15, -0.1) is 0 Å². The second kappa shape index (κ2) is 6.52. The van der Waals surface area contributed by atoms with Gasteiger partial charge in [-0.3, -0.25) is 4.79 Å². The number of hydrogen-bond acceptors (Lipinski definition) is 3. The smallest absolute Gasteiger partial charge is 0.224 e. The highest BCUT2D eigenvalue weighted by Crippen LogP contribution is 2.15. The third kappa shape index (κ3) is 3.69. The van der Waals surface area contributed by atoms with Crippen LogP contribution in [0.15, 0.2) is 48.8 Å². The van der Waals surface area contributed by atoms with E-state index in [0.29, 0.717) is 12.8 Å². The second-order valence-electron chi connectivity index (χ2n) is 5.47. The van der Waals surface area contributed by atoms with Crippen molar-refractivity contribution in [2.24, 2.45) is 0 Å². The molecule has 3 aromatic rings. The molecule has 0 bridgehead atoms. The Bertz CT molecular complexity index is 839. The molecule has 0 fully saturated rings. The number of aryl methyl sites for hydroxylation is 2. The predicted molar refractivity (Wildman–Crippen MR) is 89.9 cm³/mol. The van der Waals surface area contributed by atoms with Crippen LogP contribution in [0.4, 0.5) is 5.69 Å². The van der Waals surface area contributed by atoms with Gasteiger partial charge in [0.25, 0.3) is 0 Å². The monoisotopic (exact) mass is 309 g/mol. The van der Waals surface area contributed by atoms with Crippen LogP contribution in [0, 0.1) is 6.92 Å². The van der Waals surface area contributed by atoms with Crippen LogP contribution in [-0.4, -0.2) is 22.4 Å². The van der Waals surface area contributed by atoms with E-state index in [2.05, 4.69) is 10.3 Å². The van der Waals surface area contributed by atoms with Crippen LogP contribution < -0.4 is 10.1 Å². The molecule has 1 N–H and O–H groups in total. The molecule has 5 heteroatoms. The molecule has 0 unspecified atom stereocenters. The summed E-state index contributed by atoms with van der Waals surface area (Å²) in [5.41, 5.74) is 3.68. The van der Waals surface area contributed by atoms with Crippen LogP contribution >= 0.6 is 0 Å². The summed E-state index contributed by atoms with van der Waals surface area (Å²) >= 11 is 0. The molecule has 0 saturated heterocycles. The van der Waals surface area contributed by atoms with E-state index in [1.54, 1.807) is 7.11 Å². The fourth-order valence-corrected chi connectivity index (χ4v) is 2.50. The summed E-state index contributed by atoms with van der Waals surface area (Å²) in [4.78, 5) is 16.5. The predicted octanol–water partition coefficient (Wildman–Crippen LogP) is 3.22. The van der Waals surface area contributed by atoms with Gasteiger partial charge in [0.1, 0.15) is 11.4 Å². The molecule has 0 spiro atoms. The molecule has 0 saturated carbocycles. The summed E-state index contributed by atoms with van der Waals surface area (Å²) in [6.45, 7) is 1.94. The van der Waals surface area contributed by atoms with Crippen LogP contribution in [0.5, 0.6) is 5.75 Å². The number of fused-ring (bicyclic) bond motifs is 1. The van der Waals surface area contributed by atoms with Crippen LogP contribution in [0.1, 0.15) is 17.7 Å². The molecule has 3 rings (SSSR count).